The predicted molar refractivity (Wildman–Crippen MR) is 122 cm³/mol. The van der Waals surface area contributed by atoms with Crippen molar-refractivity contribution in [2.75, 3.05) is 0 Å². The van der Waals surface area contributed by atoms with Gasteiger partial charge < -0.3 is 5.11 Å². The zero-order chi connectivity index (χ0) is 23.2. The molecule has 0 spiro atoms. The molecule has 0 aliphatic heterocycles. The van der Waals surface area contributed by atoms with Crippen LogP contribution in [0.15, 0.2) is 57.6 Å². The first kappa shape index (κ1) is 21.5. The van der Waals surface area contributed by atoms with E-state index in [1.54, 1.807) is 33.0 Å². The number of ketones is 2. The molecular formula is C25H24N2O5. The smallest absolute Gasteiger partial charge is 0.331 e. The zero-order valence-corrected chi connectivity index (χ0v) is 18.2. The van der Waals surface area contributed by atoms with Crippen molar-refractivity contribution < 1.29 is 14.7 Å². The minimum absolute atomic E-state index is 0.202. The van der Waals surface area contributed by atoms with E-state index >= 15 is 0 Å². The molecule has 1 heterocycles. The summed E-state index contributed by atoms with van der Waals surface area (Å²) in [5, 5.41) is 11.1. The average molecular weight is 432 g/mol. The van der Waals surface area contributed by atoms with Crippen molar-refractivity contribution in [3.8, 4) is 0 Å². The number of carbonyl (C=O) groups is 2. The molecule has 1 aromatic heterocycles. The van der Waals surface area contributed by atoms with Gasteiger partial charge in [-0.3, -0.25) is 23.5 Å². The SMILES string of the molecule is Cc1c(C(O)=C2C(=O)CCCC2=O)ccc2c1c(=O)n([C@@H](C)c1ccccc1)c(=O)n2C. The van der Waals surface area contributed by atoms with E-state index in [4.69, 9.17) is 0 Å². The summed E-state index contributed by atoms with van der Waals surface area (Å²) >= 11 is 0. The van der Waals surface area contributed by atoms with Gasteiger partial charge in [0.05, 0.1) is 16.9 Å². The van der Waals surface area contributed by atoms with Gasteiger partial charge >= 0.3 is 5.69 Å². The molecule has 0 amide bonds. The van der Waals surface area contributed by atoms with Crippen LogP contribution < -0.4 is 11.2 Å². The number of benzene rings is 2. The third-order valence-corrected chi connectivity index (χ3v) is 6.26. The van der Waals surface area contributed by atoms with Gasteiger partial charge in [0.25, 0.3) is 5.56 Å². The van der Waals surface area contributed by atoms with Crippen molar-refractivity contribution in [2.45, 2.75) is 39.2 Å². The minimum Gasteiger partial charge on any atom is -0.506 e. The van der Waals surface area contributed by atoms with Gasteiger partial charge in [-0.05, 0) is 43.5 Å². The molecule has 0 saturated heterocycles. The Morgan fingerprint density at radius 1 is 0.969 bits per heavy atom. The fourth-order valence-corrected chi connectivity index (χ4v) is 4.41. The Morgan fingerprint density at radius 3 is 2.22 bits per heavy atom. The number of hydrogen-bond acceptors (Lipinski definition) is 5. The molecule has 2 aromatic carbocycles. The molecule has 164 valence electrons. The van der Waals surface area contributed by atoms with Crippen molar-refractivity contribution in [2.24, 2.45) is 7.05 Å². The highest BCUT2D eigenvalue weighted by molar-refractivity contribution is 6.25. The number of hydrogen-bond donors (Lipinski definition) is 1. The topological polar surface area (TPSA) is 98.4 Å². The van der Waals surface area contributed by atoms with Gasteiger partial charge in [0.1, 0.15) is 11.3 Å². The summed E-state index contributed by atoms with van der Waals surface area (Å²) in [6.07, 6.45) is 0.872. The van der Waals surface area contributed by atoms with Crippen molar-refractivity contribution >= 4 is 28.2 Å². The number of aliphatic hydroxyl groups excluding tert-OH is 1. The molecule has 1 fully saturated rings. The number of aryl methyl sites for hydroxylation is 2. The maximum absolute atomic E-state index is 13.5. The van der Waals surface area contributed by atoms with Crippen molar-refractivity contribution in [1.29, 1.82) is 0 Å². The molecule has 0 unspecified atom stereocenters. The van der Waals surface area contributed by atoms with Crippen LogP contribution in [0.25, 0.3) is 16.7 Å². The highest BCUT2D eigenvalue weighted by Gasteiger charge is 2.29. The maximum Gasteiger partial charge on any atom is 0.331 e. The van der Waals surface area contributed by atoms with Crippen molar-refractivity contribution in [3.05, 3.63) is 85.6 Å². The molecule has 0 bridgehead atoms. The van der Waals surface area contributed by atoms with Gasteiger partial charge in [-0.15, -0.1) is 0 Å². The molecule has 1 aliphatic carbocycles. The Bertz CT molecular complexity index is 1390. The third kappa shape index (κ3) is 3.30. The first-order valence-corrected chi connectivity index (χ1v) is 10.5. The Hall–Kier alpha value is -3.74. The lowest BCUT2D eigenvalue weighted by molar-refractivity contribution is -0.123. The highest BCUT2D eigenvalue weighted by atomic mass is 16.3. The van der Waals surface area contributed by atoms with Gasteiger partial charge in [0.15, 0.2) is 11.6 Å². The minimum atomic E-state index is -0.511. The van der Waals surface area contributed by atoms with E-state index in [0.717, 1.165) is 5.56 Å². The van der Waals surface area contributed by atoms with Crippen LogP contribution in [0.2, 0.25) is 0 Å². The van der Waals surface area contributed by atoms with Gasteiger partial charge in [0.2, 0.25) is 0 Å². The highest BCUT2D eigenvalue weighted by Crippen LogP contribution is 2.29. The Kier molecular flexibility index (Phi) is 5.42. The van der Waals surface area contributed by atoms with E-state index in [-0.39, 0.29) is 29.4 Å². The Labute approximate surface area is 184 Å². The van der Waals surface area contributed by atoms with E-state index in [2.05, 4.69) is 0 Å². The van der Waals surface area contributed by atoms with Crippen molar-refractivity contribution in [3.63, 3.8) is 0 Å². The molecular weight excluding hydrogens is 408 g/mol. The second kappa shape index (κ2) is 8.07. The third-order valence-electron chi connectivity index (χ3n) is 6.26. The van der Waals surface area contributed by atoms with Crippen LogP contribution in [0, 0.1) is 6.92 Å². The van der Waals surface area contributed by atoms with Gasteiger partial charge in [-0.1, -0.05) is 30.3 Å². The number of fused-ring (bicyclic) bond motifs is 1. The number of Topliss-reactive ketones (excluding diaryl/α,β-unsaturated/α-hetero) is 2. The molecule has 1 saturated carbocycles. The molecule has 4 rings (SSSR count). The summed E-state index contributed by atoms with van der Waals surface area (Å²) in [5.41, 5.74) is 0.727. The van der Waals surface area contributed by atoms with E-state index in [1.807, 2.05) is 30.3 Å². The number of carbonyl (C=O) groups excluding carboxylic acids is 2. The number of aliphatic hydroxyl groups is 1. The van der Waals surface area contributed by atoms with Crippen LogP contribution in [-0.4, -0.2) is 25.8 Å². The number of rotatable bonds is 3. The van der Waals surface area contributed by atoms with E-state index in [0.29, 0.717) is 17.5 Å². The van der Waals surface area contributed by atoms with Gasteiger partial charge in [0, 0.05) is 25.5 Å². The number of aromatic nitrogens is 2. The molecule has 0 radical (unpaired) electrons. The van der Waals surface area contributed by atoms with E-state index in [1.165, 1.54) is 9.13 Å². The van der Waals surface area contributed by atoms with Crippen LogP contribution >= 0.6 is 0 Å². The predicted octanol–water partition coefficient (Wildman–Crippen LogP) is 3.21. The quantitative estimate of drug-likeness (QED) is 0.389. The monoisotopic (exact) mass is 432 g/mol. The lowest BCUT2D eigenvalue weighted by atomic mass is 9.88. The Morgan fingerprint density at radius 2 is 1.59 bits per heavy atom. The van der Waals surface area contributed by atoms with Crippen LogP contribution in [0.4, 0.5) is 0 Å². The second-order valence-corrected chi connectivity index (χ2v) is 8.16. The maximum atomic E-state index is 13.5. The first-order chi connectivity index (χ1) is 15.2. The summed E-state index contributed by atoms with van der Waals surface area (Å²) in [4.78, 5) is 51.2. The summed E-state index contributed by atoms with van der Waals surface area (Å²) in [7, 11) is 1.59. The average Bonchev–Trinajstić information content (AvgIpc) is 2.77. The second-order valence-electron chi connectivity index (χ2n) is 8.16. The number of allylic oxidation sites excluding steroid dienone is 1. The fraction of sp³-hybridized carbons (Fsp3) is 0.280. The fourth-order valence-electron chi connectivity index (χ4n) is 4.41. The molecule has 7 nitrogen and oxygen atoms in total. The molecule has 1 atom stereocenters. The molecule has 1 aliphatic rings. The number of nitrogens with zero attached hydrogens (tertiary/aromatic N) is 2. The van der Waals surface area contributed by atoms with E-state index < -0.39 is 34.6 Å². The molecule has 1 N–H and O–H groups in total. The lowest BCUT2D eigenvalue weighted by Crippen LogP contribution is -2.41. The Balaban J connectivity index is 2.01. The first-order valence-electron chi connectivity index (χ1n) is 10.5. The van der Waals surface area contributed by atoms with Gasteiger partial charge in [-0.2, -0.15) is 0 Å². The van der Waals surface area contributed by atoms with Gasteiger partial charge in [-0.25, -0.2) is 4.79 Å². The van der Waals surface area contributed by atoms with Crippen LogP contribution in [0.1, 0.15) is 48.9 Å². The standard InChI is InChI=1S/C25H24N2O5/c1-14-17(23(30)22-19(28)10-7-11-20(22)29)12-13-18-21(14)24(31)27(25(32)26(18)3)15(2)16-8-5-4-6-9-16/h4-6,8-9,12-13,15,30H,7,10-11H2,1-3H3/t15-/m0/s1. The zero-order valence-electron chi connectivity index (χ0n) is 18.2. The van der Waals surface area contributed by atoms with Crippen LogP contribution in [-0.2, 0) is 16.6 Å². The largest absolute Gasteiger partial charge is 0.506 e. The molecule has 3 aromatic rings. The summed E-state index contributed by atoms with van der Waals surface area (Å²) in [6.45, 7) is 3.43. The summed E-state index contributed by atoms with van der Waals surface area (Å²) in [6, 6.07) is 11.8. The van der Waals surface area contributed by atoms with E-state index in [9.17, 15) is 24.3 Å². The summed E-state index contributed by atoms with van der Waals surface area (Å²) in [5.74, 6) is -1.20. The normalized spacial score (nSPS) is 15.3. The van der Waals surface area contributed by atoms with Crippen molar-refractivity contribution in [1.82, 2.24) is 9.13 Å². The molecule has 7 heteroatoms. The summed E-state index contributed by atoms with van der Waals surface area (Å²) < 4.78 is 2.59. The lowest BCUT2D eigenvalue weighted by Gasteiger charge is -2.20. The van der Waals surface area contributed by atoms with Crippen LogP contribution in [0.5, 0.6) is 0 Å². The molecule has 32 heavy (non-hydrogen) atoms. The van der Waals surface area contributed by atoms with Crippen LogP contribution in [0.3, 0.4) is 0 Å².